The summed E-state index contributed by atoms with van der Waals surface area (Å²) in [6.45, 7) is 12.0. The van der Waals surface area contributed by atoms with Crippen molar-refractivity contribution in [2.45, 2.75) is 71.4 Å². The number of rotatable bonds is 9. The number of carbonyl (C=O) groups excluding carboxylic acids is 1. The molecule has 0 aromatic rings. The highest BCUT2D eigenvalue weighted by Crippen LogP contribution is 2.34. The molecule has 0 heterocycles. The summed E-state index contributed by atoms with van der Waals surface area (Å²) in [4.78, 5) is 14.9. The van der Waals surface area contributed by atoms with Crippen molar-refractivity contribution in [3.63, 3.8) is 0 Å². The molecule has 4 nitrogen and oxygen atoms in total. The molecule has 1 aliphatic carbocycles. The topological polar surface area (TPSA) is 41.6 Å². The summed E-state index contributed by atoms with van der Waals surface area (Å²) in [6.07, 6.45) is 5.08. The molecule has 0 aliphatic heterocycles. The monoisotopic (exact) mass is 284 g/mol. The van der Waals surface area contributed by atoms with Crippen LogP contribution in [0.5, 0.6) is 0 Å². The molecule has 4 heteroatoms. The molecular weight excluding hydrogens is 252 g/mol. The molecule has 1 saturated carbocycles. The molecule has 0 spiro atoms. The van der Waals surface area contributed by atoms with Gasteiger partial charge in [0.25, 0.3) is 0 Å². The van der Waals surface area contributed by atoms with Crippen LogP contribution in [0.4, 0.5) is 0 Å². The van der Waals surface area contributed by atoms with Crippen LogP contribution in [0.3, 0.4) is 0 Å². The minimum atomic E-state index is -0.447. The summed E-state index contributed by atoms with van der Waals surface area (Å²) in [5.41, 5.74) is -0.447. The van der Waals surface area contributed by atoms with Gasteiger partial charge in [0.1, 0.15) is 5.54 Å². The van der Waals surface area contributed by atoms with E-state index in [1.807, 2.05) is 6.92 Å². The van der Waals surface area contributed by atoms with E-state index in [0.717, 1.165) is 45.3 Å². The van der Waals surface area contributed by atoms with Gasteiger partial charge in [-0.1, -0.05) is 20.8 Å². The van der Waals surface area contributed by atoms with Crippen molar-refractivity contribution >= 4 is 5.97 Å². The molecule has 1 rings (SSSR count). The summed E-state index contributed by atoms with van der Waals surface area (Å²) in [6, 6.07) is 0.508. The lowest BCUT2D eigenvalue weighted by molar-refractivity contribution is -0.151. The van der Waals surface area contributed by atoms with E-state index in [4.69, 9.17) is 4.74 Å². The Balaban J connectivity index is 2.74. The third-order valence-electron chi connectivity index (χ3n) is 4.30. The van der Waals surface area contributed by atoms with Gasteiger partial charge < -0.3 is 15.0 Å². The molecule has 118 valence electrons. The van der Waals surface area contributed by atoms with Gasteiger partial charge in [0, 0.05) is 6.04 Å². The van der Waals surface area contributed by atoms with Gasteiger partial charge in [0.2, 0.25) is 0 Å². The van der Waals surface area contributed by atoms with Crippen molar-refractivity contribution < 1.29 is 9.53 Å². The zero-order valence-corrected chi connectivity index (χ0v) is 13.7. The summed E-state index contributed by atoms with van der Waals surface area (Å²) >= 11 is 0. The Morgan fingerprint density at radius 2 is 2.05 bits per heavy atom. The molecule has 0 aromatic carbocycles. The number of hydrogen-bond acceptors (Lipinski definition) is 4. The molecule has 0 radical (unpaired) electrons. The summed E-state index contributed by atoms with van der Waals surface area (Å²) < 4.78 is 5.33. The molecular formula is C16H32N2O2. The predicted molar refractivity (Wildman–Crippen MR) is 82.8 cm³/mol. The minimum Gasteiger partial charge on any atom is -0.465 e. The number of esters is 1. The summed E-state index contributed by atoms with van der Waals surface area (Å²) in [7, 11) is 0. The molecule has 0 saturated heterocycles. The van der Waals surface area contributed by atoms with Crippen LogP contribution >= 0.6 is 0 Å². The average Bonchev–Trinajstić information content (AvgIpc) is 2.88. The quantitative estimate of drug-likeness (QED) is 0.661. The van der Waals surface area contributed by atoms with Crippen LogP contribution in [0.2, 0.25) is 0 Å². The van der Waals surface area contributed by atoms with Crippen molar-refractivity contribution in [1.29, 1.82) is 0 Å². The van der Waals surface area contributed by atoms with Crippen molar-refractivity contribution in [3.05, 3.63) is 0 Å². The normalized spacial score (nSPS) is 26.1. The average molecular weight is 284 g/mol. The molecule has 1 aliphatic rings. The van der Waals surface area contributed by atoms with E-state index in [9.17, 15) is 4.79 Å². The van der Waals surface area contributed by atoms with Crippen LogP contribution in [0.15, 0.2) is 0 Å². The van der Waals surface area contributed by atoms with Gasteiger partial charge in [-0.2, -0.15) is 0 Å². The Labute approximate surface area is 124 Å². The highest BCUT2D eigenvalue weighted by Gasteiger charge is 2.47. The highest BCUT2D eigenvalue weighted by molar-refractivity contribution is 5.81. The van der Waals surface area contributed by atoms with Crippen molar-refractivity contribution in [1.82, 2.24) is 10.2 Å². The maximum absolute atomic E-state index is 12.4. The van der Waals surface area contributed by atoms with E-state index in [-0.39, 0.29) is 5.97 Å². The standard InChI is InChI=1S/C16H32N2O2/c1-5-11-17-16(15(19)20-8-4)10-9-14(13-16)18(7-3)12-6-2/h14,17H,5-13H2,1-4H3. The van der Waals surface area contributed by atoms with E-state index < -0.39 is 5.54 Å². The van der Waals surface area contributed by atoms with Gasteiger partial charge in [-0.25, -0.2) is 0 Å². The first-order valence-corrected chi connectivity index (χ1v) is 8.29. The predicted octanol–water partition coefficient (Wildman–Crippen LogP) is 2.57. The van der Waals surface area contributed by atoms with E-state index in [1.54, 1.807) is 0 Å². The van der Waals surface area contributed by atoms with Crippen molar-refractivity contribution in [2.24, 2.45) is 0 Å². The number of nitrogens with zero attached hydrogens (tertiary/aromatic N) is 1. The minimum absolute atomic E-state index is 0.0523. The second kappa shape index (κ2) is 8.63. The molecule has 2 unspecified atom stereocenters. The van der Waals surface area contributed by atoms with Crippen molar-refractivity contribution in [2.75, 3.05) is 26.2 Å². The van der Waals surface area contributed by atoms with Crippen LogP contribution in [0.25, 0.3) is 0 Å². The number of ether oxygens (including phenoxy) is 1. The van der Waals surface area contributed by atoms with Crippen LogP contribution < -0.4 is 5.32 Å². The largest absolute Gasteiger partial charge is 0.465 e. The maximum atomic E-state index is 12.4. The zero-order valence-electron chi connectivity index (χ0n) is 13.7. The van der Waals surface area contributed by atoms with Crippen LogP contribution in [0.1, 0.15) is 59.8 Å². The highest BCUT2D eigenvalue weighted by atomic mass is 16.5. The van der Waals surface area contributed by atoms with E-state index in [2.05, 4.69) is 31.0 Å². The fourth-order valence-corrected chi connectivity index (χ4v) is 3.27. The lowest BCUT2D eigenvalue weighted by atomic mass is 9.96. The maximum Gasteiger partial charge on any atom is 0.326 e. The van der Waals surface area contributed by atoms with Crippen LogP contribution in [-0.4, -0.2) is 48.7 Å². The lowest BCUT2D eigenvalue weighted by Crippen LogP contribution is -2.52. The third kappa shape index (κ3) is 4.19. The van der Waals surface area contributed by atoms with Gasteiger partial charge in [0.15, 0.2) is 0 Å². The van der Waals surface area contributed by atoms with Crippen molar-refractivity contribution in [3.8, 4) is 0 Å². The molecule has 0 aromatic heterocycles. The molecule has 0 amide bonds. The smallest absolute Gasteiger partial charge is 0.326 e. The molecule has 2 atom stereocenters. The first-order chi connectivity index (χ1) is 9.63. The number of nitrogens with one attached hydrogen (secondary N) is 1. The third-order valence-corrected chi connectivity index (χ3v) is 4.30. The van der Waals surface area contributed by atoms with Crippen LogP contribution in [-0.2, 0) is 9.53 Å². The number of carbonyl (C=O) groups is 1. The molecule has 0 bridgehead atoms. The van der Waals surface area contributed by atoms with E-state index in [0.29, 0.717) is 12.6 Å². The second-order valence-corrected chi connectivity index (χ2v) is 5.75. The molecule has 20 heavy (non-hydrogen) atoms. The first-order valence-electron chi connectivity index (χ1n) is 8.29. The van der Waals surface area contributed by atoms with Gasteiger partial charge >= 0.3 is 5.97 Å². The van der Waals surface area contributed by atoms with Gasteiger partial charge in [-0.3, -0.25) is 4.79 Å². The molecule has 1 fully saturated rings. The fraction of sp³-hybridized carbons (Fsp3) is 0.938. The second-order valence-electron chi connectivity index (χ2n) is 5.75. The Morgan fingerprint density at radius 3 is 2.60 bits per heavy atom. The van der Waals surface area contributed by atoms with Gasteiger partial charge in [-0.05, 0) is 58.7 Å². The first kappa shape index (κ1) is 17.4. The van der Waals surface area contributed by atoms with Crippen LogP contribution in [0, 0.1) is 0 Å². The van der Waals surface area contributed by atoms with Gasteiger partial charge in [-0.15, -0.1) is 0 Å². The Bertz CT molecular complexity index is 296. The molecule has 1 N–H and O–H groups in total. The Hall–Kier alpha value is -0.610. The fourth-order valence-electron chi connectivity index (χ4n) is 3.27. The Kier molecular flexibility index (Phi) is 7.52. The van der Waals surface area contributed by atoms with E-state index >= 15 is 0 Å². The van der Waals surface area contributed by atoms with E-state index in [1.165, 1.54) is 6.42 Å². The Morgan fingerprint density at radius 1 is 1.30 bits per heavy atom. The summed E-state index contributed by atoms with van der Waals surface area (Å²) in [5.74, 6) is -0.0523. The SMILES string of the molecule is CCCNC1(C(=O)OCC)CCC(N(CC)CCC)C1. The summed E-state index contributed by atoms with van der Waals surface area (Å²) in [5, 5.41) is 3.48. The lowest BCUT2D eigenvalue weighted by Gasteiger charge is -2.31. The van der Waals surface area contributed by atoms with Gasteiger partial charge in [0.05, 0.1) is 6.61 Å². The number of hydrogen-bond donors (Lipinski definition) is 1. The zero-order chi connectivity index (χ0) is 15.0.